The van der Waals surface area contributed by atoms with Gasteiger partial charge in [-0.1, -0.05) is 0 Å². The highest BCUT2D eigenvalue weighted by Gasteiger charge is 2.16. The van der Waals surface area contributed by atoms with Crippen molar-refractivity contribution in [3.8, 4) is 0 Å². The molecule has 0 saturated carbocycles. The molecule has 0 aromatic carbocycles. The molecular formula is C13H21N3. The maximum Gasteiger partial charge on any atom is 0.0531 e. The van der Waals surface area contributed by atoms with E-state index in [0.717, 1.165) is 5.69 Å². The third-order valence-corrected chi connectivity index (χ3v) is 3.09. The van der Waals surface area contributed by atoms with Gasteiger partial charge in [0.05, 0.1) is 5.69 Å². The monoisotopic (exact) mass is 219 g/mol. The molecule has 1 saturated heterocycles. The lowest BCUT2D eigenvalue weighted by Gasteiger charge is -2.19. The van der Waals surface area contributed by atoms with E-state index in [2.05, 4.69) is 35.5 Å². The molecule has 0 aliphatic carbocycles. The molecule has 2 atom stereocenters. The van der Waals surface area contributed by atoms with Gasteiger partial charge in [0, 0.05) is 24.5 Å². The number of hydrogen-bond donors (Lipinski definition) is 2. The number of aromatic nitrogens is 1. The van der Waals surface area contributed by atoms with Gasteiger partial charge in [-0.25, -0.2) is 0 Å². The predicted molar refractivity (Wildman–Crippen MR) is 67.7 cm³/mol. The van der Waals surface area contributed by atoms with E-state index < -0.39 is 0 Å². The second-order valence-electron chi connectivity index (χ2n) is 4.83. The number of nitrogens with one attached hydrogen (secondary N) is 2. The van der Waals surface area contributed by atoms with Crippen LogP contribution in [0.15, 0.2) is 18.5 Å². The normalized spacial score (nSPS) is 22.0. The molecule has 1 aliphatic rings. The number of pyridine rings is 1. The molecule has 1 fully saturated rings. The molecule has 0 spiro atoms. The summed E-state index contributed by atoms with van der Waals surface area (Å²) in [7, 11) is 0. The van der Waals surface area contributed by atoms with Gasteiger partial charge in [0.2, 0.25) is 0 Å². The number of nitrogens with zero attached hydrogens (tertiary/aromatic N) is 1. The van der Waals surface area contributed by atoms with Crippen LogP contribution >= 0.6 is 0 Å². The van der Waals surface area contributed by atoms with Gasteiger partial charge in [0.15, 0.2) is 0 Å². The zero-order chi connectivity index (χ0) is 11.4. The first-order valence-electron chi connectivity index (χ1n) is 6.15. The van der Waals surface area contributed by atoms with E-state index in [4.69, 9.17) is 0 Å². The lowest BCUT2D eigenvalue weighted by molar-refractivity contribution is 0.523. The summed E-state index contributed by atoms with van der Waals surface area (Å²) in [5, 5.41) is 7.04. The zero-order valence-electron chi connectivity index (χ0n) is 10.2. The Balaban J connectivity index is 1.84. The molecule has 3 nitrogen and oxygen atoms in total. The van der Waals surface area contributed by atoms with Crippen LogP contribution in [0.5, 0.6) is 0 Å². The van der Waals surface area contributed by atoms with Crippen LogP contribution in [0.2, 0.25) is 0 Å². The van der Waals surface area contributed by atoms with Gasteiger partial charge in [-0.15, -0.1) is 0 Å². The zero-order valence-corrected chi connectivity index (χ0v) is 10.2. The predicted octanol–water partition coefficient (Wildman–Crippen LogP) is 2.33. The van der Waals surface area contributed by atoms with Crippen LogP contribution in [0.4, 0.5) is 5.69 Å². The summed E-state index contributed by atoms with van der Waals surface area (Å²) in [5.74, 6) is 0. The summed E-state index contributed by atoms with van der Waals surface area (Å²) in [6.45, 7) is 5.49. The van der Waals surface area contributed by atoms with Crippen molar-refractivity contribution in [3.63, 3.8) is 0 Å². The fraction of sp³-hybridized carbons (Fsp3) is 0.615. The van der Waals surface area contributed by atoms with Gasteiger partial charge in [-0.05, 0) is 51.3 Å². The fourth-order valence-corrected chi connectivity index (χ4v) is 2.36. The molecule has 1 aliphatic heterocycles. The third kappa shape index (κ3) is 3.20. The van der Waals surface area contributed by atoms with Gasteiger partial charge in [-0.2, -0.15) is 0 Å². The van der Waals surface area contributed by atoms with Crippen LogP contribution in [-0.2, 0) is 0 Å². The first-order chi connectivity index (χ1) is 7.74. The van der Waals surface area contributed by atoms with Crippen LogP contribution < -0.4 is 10.6 Å². The van der Waals surface area contributed by atoms with Crippen molar-refractivity contribution in [2.24, 2.45) is 0 Å². The summed E-state index contributed by atoms with van der Waals surface area (Å²) in [5.41, 5.74) is 2.33. The molecule has 3 heteroatoms. The fourth-order valence-electron chi connectivity index (χ4n) is 2.36. The lowest BCUT2D eigenvalue weighted by atomic mass is 10.1. The molecule has 1 aromatic heterocycles. The SMILES string of the molecule is Cc1cncc(NC(C)CC2CCCN2)c1. The minimum Gasteiger partial charge on any atom is -0.381 e. The van der Waals surface area contributed by atoms with Gasteiger partial charge >= 0.3 is 0 Å². The van der Waals surface area contributed by atoms with Gasteiger partial charge in [0.25, 0.3) is 0 Å². The minimum atomic E-state index is 0.499. The molecule has 2 N–H and O–H groups in total. The molecule has 2 heterocycles. The van der Waals surface area contributed by atoms with E-state index in [-0.39, 0.29) is 0 Å². The number of hydrogen-bond acceptors (Lipinski definition) is 3. The first kappa shape index (κ1) is 11.4. The molecule has 0 bridgehead atoms. The Kier molecular flexibility index (Phi) is 3.78. The molecule has 2 unspecified atom stereocenters. The quantitative estimate of drug-likeness (QED) is 0.816. The molecular weight excluding hydrogens is 198 g/mol. The van der Waals surface area contributed by atoms with E-state index in [1.54, 1.807) is 0 Å². The smallest absolute Gasteiger partial charge is 0.0531 e. The highest BCUT2D eigenvalue weighted by Crippen LogP contribution is 2.15. The molecule has 1 aromatic rings. The molecule has 2 rings (SSSR count). The molecule has 88 valence electrons. The molecule has 0 radical (unpaired) electrons. The second kappa shape index (κ2) is 5.30. The molecule has 16 heavy (non-hydrogen) atoms. The highest BCUT2D eigenvalue weighted by atomic mass is 15.0. The van der Waals surface area contributed by atoms with Crippen LogP contribution in [0.25, 0.3) is 0 Å². The van der Waals surface area contributed by atoms with E-state index in [0.29, 0.717) is 12.1 Å². The Hall–Kier alpha value is -1.09. The van der Waals surface area contributed by atoms with Crippen molar-refractivity contribution >= 4 is 5.69 Å². The summed E-state index contributed by atoms with van der Waals surface area (Å²) >= 11 is 0. The van der Waals surface area contributed by atoms with E-state index in [1.165, 1.54) is 31.4 Å². The number of aryl methyl sites for hydroxylation is 1. The Labute approximate surface area is 97.7 Å². The van der Waals surface area contributed by atoms with Crippen LogP contribution in [-0.4, -0.2) is 23.6 Å². The maximum absolute atomic E-state index is 4.19. The summed E-state index contributed by atoms with van der Waals surface area (Å²) in [4.78, 5) is 4.19. The Morgan fingerprint density at radius 2 is 2.44 bits per heavy atom. The average Bonchev–Trinajstić information content (AvgIpc) is 2.70. The van der Waals surface area contributed by atoms with Crippen LogP contribution in [0, 0.1) is 6.92 Å². The minimum absolute atomic E-state index is 0.499. The summed E-state index contributed by atoms with van der Waals surface area (Å²) in [6.07, 6.45) is 7.61. The first-order valence-corrected chi connectivity index (χ1v) is 6.15. The standard InChI is InChI=1S/C13H21N3/c1-10-6-13(9-14-8-10)16-11(2)7-12-4-3-5-15-12/h6,8-9,11-12,15-16H,3-5,7H2,1-2H3. The largest absolute Gasteiger partial charge is 0.381 e. The van der Waals surface area contributed by atoms with E-state index >= 15 is 0 Å². The highest BCUT2D eigenvalue weighted by molar-refractivity contribution is 5.43. The van der Waals surface area contributed by atoms with Crippen LogP contribution in [0.3, 0.4) is 0 Å². The average molecular weight is 219 g/mol. The second-order valence-corrected chi connectivity index (χ2v) is 4.83. The topological polar surface area (TPSA) is 37.0 Å². The lowest BCUT2D eigenvalue weighted by Crippen LogP contribution is -2.29. The van der Waals surface area contributed by atoms with Crippen LogP contribution in [0.1, 0.15) is 31.7 Å². The van der Waals surface area contributed by atoms with Gasteiger partial charge in [-0.3, -0.25) is 4.98 Å². The van der Waals surface area contributed by atoms with E-state index in [9.17, 15) is 0 Å². The van der Waals surface area contributed by atoms with Crippen molar-refractivity contribution in [3.05, 3.63) is 24.0 Å². The summed E-state index contributed by atoms with van der Waals surface area (Å²) in [6, 6.07) is 3.34. The van der Waals surface area contributed by atoms with Crippen molar-refractivity contribution in [2.75, 3.05) is 11.9 Å². The number of anilines is 1. The third-order valence-electron chi connectivity index (χ3n) is 3.09. The Morgan fingerprint density at radius 3 is 3.12 bits per heavy atom. The van der Waals surface area contributed by atoms with E-state index in [1.807, 2.05) is 12.4 Å². The Bertz CT molecular complexity index is 332. The van der Waals surface area contributed by atoms with Crippen molar-refractivity contribution in [2.45, 2.75) is 45.2 Å². The summed E-state index contributed by atoms with van der Waals surface area (Å²) < 4.78 is 0. The van der Waals surface area contributed by atoms with Gasteiger partial charge in [0.1, 0.15) is 0 Å². The number of rotatable bonds is 4. The Morgan fingerprint density at radius 1 is 1.56 bits per heavy atom. The van der Waals surface area contributed by atoms with Crippen molar-refractivity contribution < 1.29 is 0 Å². The van der Waals surface area contributed by atoms with Crippen molar-refractivity contribution in [1.82, 2.24) is 10.3 Å². The molecule has 0 amide bonds. The van der Waals surface area contributed by atoms with Crippen molar-refractivity contribution in [1.29, 1.82) is 0 Å². The van der Waals surface area contributed by atoms with Gasteiger partial charge < -0.3 is 10.6 Å². The maximum atomic E-state index is 4.19.